The zero-order chi connectivity index (χ0) is 23.9. The number of carbonyl (C=O) groups excluding carboxylic acids is 1. The monoisotopic (exact) mass is 447 g/mol. The third-order valence-corrected chi connectivity index (χ3v) is 6.07. The second kappa shape index (κ2) is 8.69. The minimum atomic E-state index is -0.362. The molecule has 2 atom stereocenters. The summed E-state index contributed by atoms with van der Waals surface area (Å²) in [5.74, 6) is 1.08. The molecule has 33 heavy (non-hydrogen) atoms. The Morgan fingerprint density at radius 2 is 1.97 bits per heavy atom. The molecule has 1 aliphatic carbocycles. The molecule has 0 radical (unpaired) electrons. The lowest BCUT2D eigenvalue weighted by Gasteiger charge is -2.25. The first-order valence-electron chi connectivity index (χ1n) is 10.9. The van der Waals surface area contributed by atoms with E-state index in [-0.39, 0.29) is 23.7 Å². The second-order valence-electron chi connectivity index (χ2n) is 8.68. The van der Waals surface area contributed by atoms with Crippen LogP contribution in [0.2, 0.25) is 0 Å². The number of aromatic nitrogens is 3. The lowest BCUT2D eigenvalue weighted by atomic mass is 10.1. The lowest BCUT2D eigenvalue weighted by molar-refractivity contribution is -0.146. The van der Waals surface area contributed by atoms with Gasteiger partial charge in [0, 0.05) is 46.2 Å². The average molecular weight is 448 g/mol. The van der Waals surface area contributed by atoms with Crippen LogP contribution in [0.1, 0.15) is 35.3 Å². The van der Waals surface area contributed by atoms with Gasteiger partial charge in [0.05, 0.1) is 11.7 Å². The van der Waals surface area contributed by atoms with Crippen molar-refractivity contribution in [2.24, 2.45) is 7.05 Å². The van der Waals surface area contributed by atoms with Gasteiger partial charge in [-0.05, 0) is 36.6 Å². The van der Waals surface area contributed by atoms with E-state index in [1.807, 2.05) is 63.2 Å². The molecule has 0 aliphatic heterocycles. The van der Waals surface area contributed by atoms with E-state index in [2.05, 4.69) is 15.3 Å². The first-order chi connectivity index (χ1) is 15.7. The molecule has 0 saturated carbocycles. The molecule has 172 valence electrons. The molecule has 1 N–H and O–H groups in total. The normalized spacial score (nSPS) is 16.9. The fourth-order valence-electron chi connectivity index (χ4n) is 4.38. The van der Waals surface area contributed by atoms with Crippen LogP contribution in [-0.4, -0.2) is 40.7 Å². The molecule has 0 fully saturated rings. The number of esters is 1. The molecule has 8 nitrogen and oxygen atoms in total. The van der Waals surface area contributed by atoms with Crippen LogP contribution in [-0.2, 0) is 23.0 Å². The van der Waals surface area contributed by atoms with Gasteiger partial charge in [0.25, 0.3) is 5.56 Å². The van der Waals surface area contributed by atoms with E-state index in [1.54, 1.807) is 17.8 Å². The van der Waals surface area contributed by atoms with E-state index < -0.39 is 0 Å². The number of aryl methyl sites for hydroxylation is 2. The van der Waals surface area contributed by atoms with E-state index in [9.17, 15) is 9.59 Å². The highest BCUT2D eigenvalue weighted by Crippen LogP contribution is 2.36. The summed E-state index contributed by atoms with van der Waals surface area (Å²) >= 11 is 0. The number of carbonyl (C=O) groups is 1. The molecule has 0 spiro atoms. The SMILES string of the molecule is CC(=O)O[C@H]1Cc2ccccc2[C@@H]1Nc1c(C)nc(-c2cnc(N(C)C)cc2C)c(=O)n1C. The highest BCUT2D eigenvalue weighted by Gasteiger charge is 2.35. The largest absolute Gasteiger partial charge is 0.460 e. The minimum Gasteiger partial charge on any atom is -0.460 e. The van der Waals surface area contributed by atoms with Crippen LogP contribution in [0.15, 0.2) is 41.3 Å². The predicted octanol–water partition coefficient (Wildman–Crippen LogP) is 3.17. The van der Waals surface area contributed by atoms with Gasteiger partial charge in [0.1, 0.15) is 23.4 Å². The highest BCUT2D eigenvalue weighted by molar-refractivity contribution is 5.67. The van der Waals surface area contributed by atoms with Crippen LogP contribution in [0.5, 0.6) is 0 Å². The van der Waals surface area contributed by atoms with Crippen LogP contribution in [0.25, 0.3) is 11.3 Å². The van der Waals surface area contributed by atoms with E-state index in [0.717, 1.165) is 22.5 Å². The van der Waals surface area contributed by atoms with E-state index in [4.69, 9.17) is 4.74 Å². The van der Waals surface area contributed by atoms with Gasteiger partial charge in [-0.25, -0.2) is 9.97 Å². The number of ether oxygens (including phenoxy) is 1. The maximum absolute atomic E-state index is 13.3. The Balaban J connectivity index is 1.74. The van der Waals surface area contributed by atoms with Crippen LogP contribution >= 0.6 is 0 Å². The number of rotatable bonds is 5. The molecule has 4 rings (SSSR count). The fraction of sp³-hybridized carbons (Fsp3) is 0.360. The van der Waals surface area contributed by atoms with E-state index in [0.29, 0.717) is 29.2 Å². The summed E-state index contributed by atoms with van der Waals surface area (Å²) in [7, 11) is 5.57. The van der Waals surface area contributed by atoms with Crippen molar-refractivity contribution in [3.63, 3.8) is 0 Å². The van der Waals surface area contributed by atoms with Crippen molar-refractivity contribution in [3.05, 3.63) is 69.3 Å². The molecule has 3 aromatic rings. The summed E-state index contributed by atoms with van der Waals surface area (Å²) in [6, 6.07) is 9.66. The molecule has 0 unspecified atom stereocenters. The van der Waals surface area contributed by atoms with Crippen molar-refractivity contribution in [1.29, 1.82) is 0 Å². The number of nitrogens with zero attached hydrogens (tertiary/aromatic N) is 4. The van der Waals surface area contributed by atoms with Gasteiger partial charge in [-0.1, -0.05) is 24.3 Å². The van der Waals surface area contributed by atoms with Gasteiger partial charge < -0.3 is 15.0 Å². The Labute approximate surface area is 193 Å². The molecule has 1 aromatic carbocycles. The molecule has 2 heterocycles. The van der Waals surface area contributed by atoms with Crippen molar-refractivity contribution in [1.82, 2.24) is 14.5 Å². The first kappa shape index (κ1) is 22.5. The summed E-state index contributed by atoms with van der Waals surface area (Å²) in [6.45, 7) is 5.23. The first-order valence-corrected chi connectivity index (χ1v) is 10.9. The van der Waals surface area contributed by atoms with Crippen LogP contribution in [0, 0.1) is 13.8 Å². The molecule has 8 heteroatoms. The van der Waals surface area contributed by atoms with Gasteiger partial charge in [-0.3, -0.25) is 14.2 Å². The Hall–Kier alpha value is -3.68. The molecule has 1 aliphatic rings. The number of pyridine rings is 1. The standard InChI is InChI=1S/C25H29N5O3/c1-14-11-21(29(4)5)26-13-19(14)23-25(32)30(6)24(15(2)27-23)28-22-18-10-8-7-9-17(18)12-20(22)33-16(3)31/h7-11,13,20,22,28H,12H2,1-6H3/t20-,22-/m0/s1. The Morgan fingerprint density at radius 1 is 1.24 bits per heavy atom. The maximum atomic E-state index is 13.3. The molecular formula is C25H29N5O3. The summed E-state index contributed by atoms with van der Waals surface area (Å²) in [5.41, 5.74) is 4.63. The average Bonchev–Trinajstić information content (AvgIpc) is 3.10. The van der Waals surface area contributed by atoms with Crippen LogP contribution in [0.4, 0.5) is 11.6 Å². The Morgan fingerprint density at radius 3 is 2.64 bits per heavy atom. The topological polar surface area (TPSA) is 89.3 Å². The van der Waals surface area contributed by atoms with Gasteiger partial charge in [0.15, 0.2) is 0 Å². The van der Waals surface area contributed by atoms with Crippen molar-refractivity contribution < 1.29 is 9.53 Å². The van der Waals surface area contributed by atoms with Crippen LogP contribution < -0.4 is 15.8 Å². The predicted molar refractivity (Wildman–Crippen MR) is 129 cm³/mol. The zero-order valence-electron chi connectivity index (χ0n) is 19.8. The van der Waals surface area contributed by atoms with Crippen molar-refractivity contribution in [3.8, 4) is 11.3 Å². The van der Waals surface area contributed by atoms with Gasteiger partial charge in [-0.2, -0.15) is 0 Å². The van der Waals surface area contributed by atoms with Crippen LogP contribution in [0.3, 0.4) is 0 Å². The number of hydrogen-bond acceptors (Lipinski definition) is 7. The highest BCUT2D eigenvalue weighted by atomic mass is 16.5. The molecule has 0 saturated heterocycles. The van der Waals surface area contributed by atoms with E-state index in [1.165, 1.54) is 6.92 Å². The number of hydrogen-bond donors (Lipinski definition) is 1. The summed E-state index contributed by atoms with van der Waals surface area (Å²) in [6.07, 6.45) is 1.96. The third kappa shape index (κ3) is 4.20. The van der Waals surface area contributed by atoms with E-state index >= 15 is 0 Å². The Kier molecular flexibility index (Phi) is 5.93. The zero-order valence-corrected chi connectivity index (χ0v) is 19.8. The Bertz CT molecular complexity index is 1280. The van der Waals surface area contributed by atoms with Crippen molar-refractivity contribution in [2.75, 3.05) is 24.3 Å². The minimum absolute atomic E-state index is 0.221. The quantitative estimate of drug-likeness (QED) is 0.601. The van der Waals surface area contributed by atoms with Gasteiger partial charge >= 0.3 is 5.97 Å². The third-order valence-electron chi connectivity index (χ3n) is 6.07. The van der Waals surface area contributed by atoms with Gasteiger partial charge in [0.2, 0.25) is 0 Å². The number of nitrogens with one attached hydrogen (secondary N) is 1. The number of benzene rings is 1. The number of fused-ring (bicyclic) bond motifs is 1. The summed E-state index contributed by atoms with van der Waals surface area (Å²) < 4.78 is 7.18. The van der Waals surface area contributed by atoms with Crippen molar-refractivity contribution >= 4 is 17.6 Å². The summed E-state index contributed by atoms with van der Waals surface area (Å²) in [4.78, 5) is 36.1. The molecule has 0 bridgehead atoms. The fourth-order valence-corrected chi connectivity index (χ4v) is 4.38. The molecule has 2 aromatic heterocycles. The maximum Gasteiger partial charge on any atom is 0.302 e. The van der Waals surface area contributed by atoms with Gasteiger partial charge in [-0.15, -0.1) is 0 Å². The lowest BCUT2D eigenvalue weighted by Crippen LogP contribution is -2.31. The molecule has 0 amide bonds. The smallest absolute Gasteiger partial charge is 0.302 e. The summed E-state index contributed by atoms with van der Waals surface area (Å²) in [5, 5.41) is 3.45. The van der Waals surface area contributed by atoms with Crippen molar-refractivity contribution in [2.45, 2.75) is 39.3 Å². The number of anilines is 2. The second-order valence-corrected chi connectivity index (χ2v) is 8.68. The molecular weight excluding hydrogens is 418 g/mol.